The van der Waals surface area contributed by atoms with Crippen molar-refractivity contribution in [1.82, 2.24) is 4.98 Å². The zero-order chi connectivity index (χ0) is 18.3. The zero-order valence-electron chi connectivity index (χ0n) is 15.6. The summed E-state index contributed by atoms with van der Waals surface area (Å²) in [4.78, 5) is 6.71. The van der Waals surface area contributed by atoms with Crippen LogP contribution in [-0.2, 0) is 10.8 Å². The van der Waals surface area contributed by atoms with Crippen LogP contribution in [0.3, 0.4) is 0 Å². The van der Waals surface area contributed by atoms with Crippen LogP contribution in [0.2, 0.25) is 5.15 Å². The lowest BCUT2D eigenvalue weighted by atomic mass is 9.94. The lowest BCUT2D eigenvalue weighted by Crippen LogP contribution is -2.49. The summed E-state index contributed by atoms with van der Waals surface area (Å²) in [7, 11) is -0.647. The van der Waals surface area contributed by atoms with Crippen LogP contribution >= 0.6 is 11.6 Å². The Kier molecular flexibility index (Phi) is 5.24. The third kappa shape index (κ3) is 3.91. The van der Waals surface area contributed by atoms with Crippen molar-refractivity contribution in [3.05, 3.63) is 35.1 Å². The molecule has 1 atom stereocenters. The fourth-order valence-corrected chi connectivity index (χ4v) is 5.58. The minimum absolute atomic E-state index is 0.447. The third-order valence-electron chi connectivity index (χ3n) is 5.67. The van der Waals surface area contributed by atoms with Gasteiger partial charge in [-0.15, -0.1) is 0 Å². The number of pyridine rings is 1. The summed E-state index contributed by atoms with van der Waals surface area (Å²) in [6, 6.07) is 6.42. The van der Waals surface area contributed by atoms with Crippen molar-refractivity contribution in [2.24, 2.45) is 11.8 Å². The molecule has 0 unspecified atom stereocenters. The first-order chi connectivity index (χ1) is 12.5. The molecule has 1 aromatic carbocycles. The Hall–Kier alpha value is -1.13. The fraction of sp³-hybridized carbons (Fsp3) is 0.571. The van der Waals surface area contributed by atoms with Gasteiger partial charge < -0.3 is 4.90 Å². The summed E-state index contributed by atoms with van der Waals surface area (Å²) < 4.78 is 12.3. The number of benzene rings is 1. The first kappa shape index (κ1) is 18.2. The topological polar surface area (TPSA) is 33.2 Å². The smallest absolute Gasteiger partial charge is 0.129 e. The molecule has 0 N–H and O–H groups in total. The second-order valence-corrected chi connectivity index (χ2v) is 10.2. The Bertz CT molecular complexity index is 828. The zero-order valence-corrected chi connectivity index (χ0v) is 17.2. The van der Waals surface area contributed by atoms with Crippen LogP contribution in [-0.4, -0.2) is 33.8 Å². The highest BCUT2D eigenvalue weighted by Gasteiger charge is 2.30. The molecule has 2 aliphatic rings. The molecule has 0 spiro atoms. The molecule has 1 aliphatic carbocycles. The molecular formula is C21H27ClN2OS. The Morgan fingerprint density at radius 2 is 2.00 bits per heavy atom. The normalized spacial score (nSPS) is 19.2. The van der Waals surface area contributed by atoms with Crippen molar-refractivity contribution in [2.45, 2.75) is 39.0 Å². The minimum Gasteiger partial charge on any atom is -0.370 e. The number of hydrogen-bond donors (Lipinski definition) is 0. The van der Waals surface area contributed by atoms with Gasteiger partial charge in [0, 0.05) is 58.6 Å². The number of hydrogen-bond acceptors (Lipinski definition) is 3. The van der Waals surface area contributed by atoms with Crippen molar-refractivity contribution in [3.8, 4) is 0 Å². The average molecular weight is 391 g/mol. The molecule has 1 saturated heterocycles. The van der Waals surface area contributed by atoms with E-state index >= 15 is 0 Å². The largest absolute Gasteiger partial charge is 0.370 e. The van der Waals surface area contributed by atoms with Crippen LogP contribution in [0.25, 0.3) is 10.8 Å². The summed E-state index contributed by atoms with van der Waals surface area (Å²) in [5.41, 5.74) is 2.54. The number of anilines is 1. The monoisotopic (exact) mass is 390 g/mol. The van der Waals surface area contributed by atoms with Crippen LogP contribution in [0, 0.1) is 11.8 Å². The van der Waals surface area contributed by atoms with Crippen LogP contribution in [0.5, 0.6) is 0 Å². The molecule has 2 heterocycles. The highest BCUT2D eigenvalue weighted by Crippen LogP contribution is 2.37. The Morgan fingerprint density at radius 3 is 2.69 bits per heavy atom. The van der Waals surface area contributed by atoms with Gasteiger partial charge in [-0.05, 0) is 41.3 Å². The van der Waals surface area contributed by atoms with Gasteiger partial charge >= 0.3 is 0 Å². The van der Waals surface area contributed by atoms with E-state index in [0.29, 0.717) is 17.0 Å². The number of fused-ring (bicyclic) bond motifs is 1. The number of nitrogens with zero attached hydrogens (tertiary/aromatic N) is 2. The van der Waals surface area contributed by atoms with Gasteiger partial charge in [0.25, 0.3) is 0 Å². The number of aromatic nitrogens is 1. The second kappa shape index (κ2) is 7.47. The van der Waals surface area contributed by atoms with Gasteiger partial charge in [0.2, 0.25) is 0 Å². The molecule has 0 amide bonds. The highest BCUT2D eigenvalue weighted by molar-refractivity contribution is 7.84. The van der Waals surface area contributed by atoms with Gasteiger partial charge in [0.05, 0.1) is 0 Å². The standard InChI is InChI=1S/C21H27ClN2OS/c1-14(2)17-5-6-20(19-10-23-21(22)9-18(17)19)24-11-16(12-24)13-26(25)8-7-15-3-4-15/h5-6,9-10,14-16H,3-4,7-8,11-13H2,1-2H3/t26-/m1/s1. The second-order valence-electron chi connectivity index (χ2n) is 8.19. The molecule has 140 valence electrons. The van der Waals surface area contributed by atoms with Crippen LogP contribution in [0.4, 0.5) is 5.69 Å². The fourth-order valence-electron chi connectivity index (χ4n) is 3.92. The summed E-state index contributed by atoms with van der Waals surface area (Å²) >= 11 is 6.15. The van der Waals surface area contributed by atoms with E-state index in [1.165, 1.54) is 34.9 Å². The van der Waals surface area contributed by atoms with Crippen molar-refractivity contribution < 1.29 is 4.21 Å². The van der Waals surface area contributed by atoms with E-state index in [9.17, 15) is 4.21 Å². The number of halogens is 1. The maximum absolute atomic E-state index is 12.3. The maximum atomic E-state index is 12.3. The predicted molar refractivity (Wildman–Crippen MR) is 112 cm³/mol. The lowest BCUT2D eigenvalue weighted by molar-refractivity contribution is 0.451. The van der Waals surface area contributed by atoms with Gasteiger partial charge in [0.15, 0.2) is 0 Å². The molecule has 1 aromatic heterocycles. The van der Waals surface area contributed by atoms with Crippen molar-refractivity contribution in [1.29, 1.82) is 0 Å². The van der Waals surface area contributed by atoms with E-state index in [0.717, 1.165) is 36.9 Å². The lowest BCUT2D eigenvalue weighted by Gasteiger charge is -2.41. The molecule has 1 saturated carbocycles. The molecule has 2 fully saturated rings. The van der Waals surface area contributed by atoms with E-state index in [1.807, 2.05) is 12.3 Å². The third-order valence-corrected chi connectivity index (χ3v) is 7.41. The van der Waals surface area contributed by atoms with Gasteiger partial charge in [-0.3, -0.25) is 4.21 Å². The van der Waals surface area contributed by atoms with E-state index < -0.39 is 10.8 Å². The van der Waals surface area contributed by atoms with Crippen LogP contribution in [0.15, 0.2) is 24.4 Å². The summed E-state index contributed by atoms with van der Waals surface area (Å²) in [5.74, 6) is 3.63. The van der Waals surface area contributed by atoms with E-state index in [2.05, 4.69) is 35.9 Å². The molecule has 2 aromatic rings. The highest BCUT2D eigenvalue weighted by atomic mass is 35.5. The quantitative estimate of drug-likeness (QED) is 0.624. The average Bonchev–Trinajstić information content (AvgIpc) is 3.39. The van der Waals surface area contributed by atoms with E-state index in [1.54, 1.807) is 0 Å². The first-order valence-electron chi connectivity index (χ1n) is 9.69. The summed E-state index contributed by atoms with van der Waals surface area (Å²) in [5, 5.41) is 2.92. The Morgan fingerprint density at radius 1 is 1.23 bits per heavy atom. The van der Waals surface area contributed by atoms with Crippen molar-refractivity contribution in [2.75, 3.05) is 29.5 Å². The van der Waals surface area contributed by atoms with E-state index in [-0.39, 0.29) is 0 Å². The maximum Gasteiger partial charge on any atom is 0.129 e. The van der Waals surface area contributed by atoms with E-state index in [4.69, 9.17) is 11.6 Å². The van der Waals surface area contributed by atoms with Gasteiger partial charge in [0.1, 0.15) is 5.15 Å². The molecule has 3 nitrogen and oxygen atoms in total. The minimum atomic E-state index is -0.647. The molecule has 1 aliphatic heterocycles. The van der Waals surface area contributed by atoms with Gasteiger partial charge in [-0.2, -0.15) is 0 Å². The van der Waals surface area contributed by atoms with Crippen molar-refractivity contribution >= 4 is 38.9 Å². The molecule has 5 heteroatoms. The van der Waals surface area contributed by atoms with Crippen molar-refractivity contribution in [3.63, 3.8) is 0 Å². The first-order valence-corrected chi connectivity index (χ1v) is 11.6. The van der Waals surface area contributed by atoms with Gasteiger partial charge in [-0.1, -0.05) is 44.4 Å². The van der Waals surface area contributed by atoms with Crippen LogP contribution < -0.4 is 4.90 Å². The molecule has 26 heavy (non-hydrogen) atoms. The van der Waals surface area contributed by atoms with Crippen LogP contribution in [0.1, 0.15) is 44.6 Å². The summed E-state index contributed by atoms with van der Waals surface area (Å²) in [6.07, 6.45) is 5.77. The summed E-state index contributed by atoms with van der Waals surface area (Å²) in [6.45, 7) is 6.40. The predicted octanol–water partition coefficient (Wildman–Crippen LogP) is 5.00. The number of rotatable bonds is 7. The molecule has 0 bridgehead atoms. The molecule has 0 radical (unpaired) electrons. The van der Waals surface area contributed by atoms with Gasteiger partial charge in [-0.25, -0.2) is 4.98 Å². The molecular weight excluding hydrogens is 364 g/mol. The Labute approximate surface area is 163 Å². The Balaban J connectivity index is 1.45. The molecule has 4 rings (SSSR count). The SMILES string of the molecule is CC(C)c1ccc(N2CC(C[S@](=O)CCC3CC3)C2)c2cnc(Cl)cc12.